The summed E-state index contributed by atoms with van der Waals surface area (Å²) < 4.78 is 0. The molecule has 0 unspecified atom stereocenters. The van der Waals surface area contributed by atoms with E-state index >= 15 is 0 Å². The Morgan fingerprint density at radius 1 is 1.12 bits per heavy atom. The van der Waals surface area contributed by atoms with E-state index in [1.807, 2.05) is 11.0 Å². The van der Waals surface area contributed by atoms with Crippen molar-refractivity contribution in [1.82, 2.24) is 25.2 Å². The smallest absolute Gasteiger partial charge is 0.272 e. The van der Waals surface area contributed by atoms with Gasteiger partial charge in [-0.1, -0.05) is 6.07 Å². The second-order valence-electron chi connectivity index (χ2n) is 6.08. The summed E-state index contributed by atoms with van der Waals surface area (Å²) in [6.07, 6.45) is 6.60. The Balaban J connectivity index is 1.65. The molecule has 1 fully saturated rings. The molecule has 2 aromatic rings. The first kappa shape index (κ1) is 17.0. The Labute approximate surface area is 146 Å². The summed E-state index contributed by atoms with van der Waals surface area (Å²) in [7, 11) is 0. The summed E-state index contributed by atoms with van der Waals surface area (Å²) in [5.41, 5.74) is 2.19. The van der Waals surface area contributed by atoms with Gasteiger partial charge in [0.1, 0.15) is 5.69 Å². The van der Waals surface area contributed by atoms with E-state index in [1.165, 1.54) is 6.92 Å². The molecule has 0 spiro atoms. The van der Waals surface area contributed by atoms with Crippen LogP contribution in [0.5, 0.6) is 0 Å². The van der Waals surface area contributed by atoms with Crippen molar-refractivity contribution in [3.8, 4) is 0 Å². The highest BCUT2D eigenvalue weighted by Crippen LogP contribution is 2.28. The zero-order valence-electron chi connectivity index (χ0n) is 14.2. The van der Waals surface area contributed by atoms with Crippen molar-refractivity contribution in [3.05, 3.63) is 53.9 Å². The van der Waals surface area contributed by atoms with Gasteiger partial charge in [0.25, 0.3) is 5.91 Å². The van der Waals surface area contributed by atoms with Crippen molar-refractivity contribution < 1.29 is 9.59 Å². The van der Waals surface area contributed by atoms with Crippen molar-refractivity contribution >= 4 is 11.8 Å². The van der Waals surface area contributed by atoms with Crippen LogP contribution in [0.25, 0.3) is 0 Å². The van der Waals surface area contributed by atoms with Crippen LogP contribution in [-0.2, 0) is 11.3 Å². The molecule has 1 aliphatic rings. The fourth-order valence-electron chi connectivity index (χ4n) is 3.07. The number of nitrogens with zero attached hydrogens (tertiary/aromatic N) is 4. The quantitative estimate of drug-likeness (QED) is 0.912. The molecule has 2 amide bonds. The standard InChI is InChI=1S/C18H21N5O2/c1-13(24)22-12-16-17(21-9-8-20-16)14-5-10-23(11-6-14)18(25)15-4-2-3-7-19-15/h2-4,7-9,14H,5-6,10-12H2,1H3,(H,22,24). The number of amides is 2. The molecule has 7 heteroatoms. The average molecular weight is 339 g/mol. The van der Waals surface area contributed by atoms with Gasteiger partial charge in [-0.25, -0.2) is 0 Å². The second kappa shape index (κ2) is 7.83. The molecule has 0 aliphatic carbocycles. The summed E-state index contributed by atoms with van der Waals surface area (Å²) in [5.74, 6) is 0.120. The third-order valence-corrected chi connectivity index (χ3v) is 4.36. The molecule has 25 heavy (non-hydrogen) atoms. The van der Waals surface area contributed by atoms with E-state index in [1.54, 1.807) is 30.7 Å². The van der Waals surface area contributed by atoms with Crippen molar-refractivity contribution in [2.75, 3.05) is 13.1 Å². The molecular formula is C18H21N5O2. The molecule has 0 atom stereocenters. The fraction of sp³-hybridized carbons (Fsp3) is 0.389. The molecule has 1 aliphatic heterocycles. The maximum Gasteiger partial charge on any atom is 0.272 e. The molecular weight excluding hydrogens is 318 g/mol. The number of nitrogens with one attached hydrogen (secondary N) is 1. The number of piperidine rings is 1. The number of pyridine rings is 1. The molecule has 0 saturated carbocycles. The van der Waals surface area contributed by atoms with E-state index in [0.29, 0.717) is 25.3 Å². The lowest BCUT2D eigenvalue weighted by Gasteiger charge is -2.32. The molecule has 7 nitrogen and oxygen atoms in total. The van der Waals surface area contributed by atoms with Gasteiger partial charge in [0.15, 0.2) is 0 Å². The lowest BCUT2D eigenvalue weighted by atomic mass is 9.91. The first-order chi connectivity index (χ1) is 12.1. The third-order valence-electron chi connectivity index (χ3n) is 4.36. The molecule has 130 valence electrons. The number of aromatic nitrogens is 3. The van der Waals surface area contributed by atoms with Crippen LogP contribution in [0.3, 0.4) is 0 Å². The highest BCUT2D eigenvalue weighted by Gasteiger charge is 2.27. The first-order valence-corrected chi connectivity index (χ1v) is 8.39. The Bertz CT molecular complexity index is 742. The predicted octanol–water partition coefficient (Wildman–Crippen LogP) is 1.53. The maximum absolute atomic E-state index is 12.5. The summed E-state index contributed by atoms with van der Waals surface area (Å²) >= 11 is 0. The van der Waals surface area contributed by atoms with E-state index in [9.17, 15) is 9.59 Å². The number of hydrogen-bond acceptors (Lipinski definition) is 5. The average Bonchev–Trinajstić information content (AvgIpc) is 2.67. The van der Waals surface area contributed by atoms with Crippen molar-refractivity contribution in [2.45, 2.75) is 32.2 Å². The second-order valence-corrected chi connectivity index (χ2v) is 6.08. The van der Waals surface area contributed by atoms with Gasteiger partial charge in [0.05, 0.1) is 17.9 Å². The summed E-state index contributed by atoms with van der Waals surface area (Å²) in [4.78, 5) is 38.4. The van der Waals surface area contributed by atoms with Gasteiger partial charge in [-0.2, -0.15) is 0 Å². The van der Waals surface area contributed by atoms with E-state index in [0.717, 1.165) is 24.2 Å². The minimum absolute atomic E-state index is 0.0309. The number of rotatable bonds is 4. The van der Waals surface area contributed by atoms with E-state index in [2.05, 4.69) is 20.3 Å². The summed E-state index contributed by atoms with van der Waals surface area (Å²) in [6.45, 7) is 3.19. The molecule has 0 radical (unpaired) electrons. The highest BCUT2D eigenvalue weighted by atomic mass is 16.2. The van der Waals surface area contributed by atoms with Crippen molar-refractivity contribution in [2.24, 2.45) is 0 Å². The zero-order valence-corrected chi connectivity index (χ0v) is 14.2. The molecule has 2 aromatic heterocycles. The molecule has 1 N–H and O–H groups in total. The predicted molar refractivity (Wildman–Crippen MR) is 91.7 cm³/mol. The van der Waals surface area contributed by atoms with Gasteiger partial charge in [-0.05, 0) is 25.0 Å². The molecule has 1 saturated heterocycles. The van der Waals surface area contributed by atoms with Gasteiger partial charge in [0, 0.05) is 44.5 Å². The van der Waals surface area contributed by atoms with Gasteiger partial charge in [0.2, 0.25) is 5.91 Å². The van der Waals surface area contributed by atoms with E-state index in [4.69, 9.17) is 0 Å². The minimum Gasteiger partial charge on any atom is -0.351 e. The van der Waals surface area contributed by atoms with Crippen LogP contribution in [0.4, 0.5) is 0 Å². The SMILES string of the molecule is CC(=O)NCc1nccnc1C1CCN(C(=O)c2ccccn2)CC1. The monoisotopic (exact) mass is 339 g/mol. The molecule has 0 bridgehead atoms. The van der Waals surface area contributed by atoms with E-state index in [-0.39, 0.29) is 17.7 Å². The molecule has 0 aromatic carbocycles. The van der Waals surface area contributed by atoms with Gasteiger partial charge >= 0.3 is 0 Å². The number of carbonyl (C=O) groups excluding carboxylic acids is 2. The van der Waals surface area contributed by atoms with Crippen LogP contribution in [0, 0.1) is 0 Å². The Hall–Kier alpha value is -2.83. The summed E-state index contributed by atoms with van der Waals surface area (Å²) in [5, 5.41) is 2.78. The van der Waals surface area contributed by atoms with E-state index < -0.39 is 0 Å². The molecule has 3 heterocycles. The van der Waals surface area contributed by atoms with Crippen LogP contribution < -0.4 is 5.32 Å². The number of carbonyl (C=O) groups is 2. The van der Waals surface area contributed by atoms with Gasteiger partial charge in [-0.15, -0.1) is 0 Å². The fourth-order valence-corrected chi connectivity index (χ4v) is 3.07. The van der Waals surface area contributed by atoms with Gasteiger partial charge in [-0.3, -0.25) is 24.5 Å². The van der Waals surface area contributed by atoms with Crippen LogP contribution in [0.1, 0.15) is 47.6 Å². The lowest BCUT2D eigenvalue weighted by molar-refractivity contribution is -0.119. The van der Waals surface area contributed by atoms with Crippen LogP contribution in [0.15, 0.2) is 36.8 Å². The third kappa shape index (κ3) is 4.17. The Morgan fingerprint density at radius 3 is 2.56 bits per heavy atom. The number of likely N-dealkylation sites (tertiary alicyclic amines) is 1. The number of hydrogen-bond donors (Lipinski definition) is 1. The zero-order chi connectivity index (χ0) is 17.6. The Kier molecular flexibility index (Phi) is 5.33. The topological polar surface area (TPSA) is 88.1 Å². The van der Waals surface area contributed by atoms with Gasteiger partial charge < -0.3 is 10.2 Å². The first-order valence-electron chi connectivity index (χ1n) is 8.39. The largest absolute Gasteiger partial charge is 0.351 e. The van der Waals surface area contributed by atoms with Crippen LogP contribution in [-0.4, -0.2) is 44.8 Å². The van der Waals surface area contributed by atoms with Crippen molar-refractivity contribution in [3.63, 3.8) is 0 Å². The van der Waals surface area contributed by atoms with Crippen molar-refractivity contribution in [1.29, 1.82) is 0 Å². The minimum atomic E-state index is -0.0904. The Morgan fingerprint density at radius 2 is 1.88 bits per heavy atom. The normalized spacial score (nSPS) is 15.0. The van der Waals surface area contributed by atoms with Crippen LogP contribution in [0.2, 0.25) is 0 Å². The maximum atomic E-state index is 12.5. The highest BCUT2D eigenvalue weighted by molar-refractivity contribution is 5.92. The lowest BCUT2D eigenvalue weighted by Crippen LogP contribution is -2.38. The summed E-state index contributed by atoms with van der Waals surface area (Å²) in [6, 6.07) is 5.36. The van der Waals surface area contributed by atoms with Crippen LogP contribution >= 0.6 is 0 Å². The molecule has 3 rings (SSSR count).